The van der Waals surface area contributed by atoms with E-state index < -0.39 is 35.8 Å². The van der Waals surface area contributed by atoms with Crippen molar-refractivity contribution in [3.63, 3.8) is 0 Å². The van der Waals surface area contributed by atoms with Gasteiger partial charge < -0.3 is 10.5 Å². The van der Waals surface area contributed by atoms with E-state index in [1.54, 1.807) is 0 Å². The number of nitrogens with two attached hydrogens (primary N) is 1. The number of pyridine rings is 1. The normalized spacial score (nSPS) is 17.4. The molecule has 0 saturated heterocycles. The predicted octanol–water partition coefficient (Wildman–Crippen LogP) is 5.10. The maximum atomic E-state index is 14.2. The molecule has 1 unspecified atom stereocenters. The molecule has 1 aliphatic rings. The summed E-state index contributed by atoms with van der Waals surface area (Å²) in [7, 11) is 0. The van der Waals surface area contributed by atoms with Crippen LogP contribution in [0.1, 0.15) is 44.0 Å². The number of anilines is 1. The number of nitrogens with zero attached hydrogens (tertiary/aromatic N) is 3. The highest BCUT2D eigenvalue weighted by atomic mass is 19.4. The Morgan fingerprint density at radius 2 is 1.90 bits per heavy atom. The van der Waals surface area contributed by atoms with Crippen LogP contribution in [-0.2, 0) is 0 Å². The van der Waals surface area contributed by atoms with Crippen LogP contribution in [-0.4, -0.2) is 22.6 Å². The number of rotatable bonds is 5. The highest BCUT2D eigenvalue weighted by Gasteiger charge is 2.50. The van der Waals surface area contributed by atoms with Crippen LogP contribution < -0.4 is 15.5 Å². The average Bonchev–Trinajstić information content (AvgIpc) is 3.01. The summed E-state index contributed by atoms with van der Waals surface area (Å²) in [6.45, 7) is 1.62. The van der Waals surface area contributed by atoms with E-state index in [9.17, 15) is 26.3 Å². The van der Waals surface area contributed by atoms with E-state index in [1.165, 1.54) is 24.4 Å². The lowest BCUT2D eigenvalue weighted by atomic mass is 10.0. The standard InChI is InChI=1S/C19H18F6N4O/c1-18(2,19(23,24)25)30-12-7-10(6-11(20)8-12)14-9-15(26)28-29(14)13-4-3-5-27-16(13)17(21)22/h3-8,14,17H,9H2,1-2H3,(H2,26,28). The Morgan fingerprint density at radius 3 is 2.53 bits per heavy atom. The summed E-state index contributed by atoms with van der Waals surface area (Å²) in [6, 6.07) is 5.04. The molecule has 1 atom stereocenters. The molecule has 3 rings (SSSR count). The molecule has 0 aliphatic carbocycles. The molecule has 1 aliphatic heterocycles. The molecule has 0 radical (unpaired) electrons. The van der Waals surface area contributed by atoms with Crippen LogP contribution in [0.2, 0.25) is 0 Å². The van der Waals surface area contributed by atoms with Crippen LogP contribution in [0.4, 0.5) is 32.0 Å². The van der Waals surface area contributed by atoms with E-state index in [0.29, 0.717) is 0 Å². The average molecular weight is 432 g/mol. The van der Waals surface area contributed by atoms with Gasteiger partial charge in [0.25, 0.3) is 6.43 Å². The largest absolute Gasteiger partial charge is 0.478 e. The number of alkyl halides is 5. The highest BCUT2D eigenvalue weighted by Crippen LogP contribution is 2.40. The number of ether oxygens (including phenoxy) is 1. The Balaban J connectivity index is 2.00. The van der Waals surface area contributed by atoms with Crippen molar-refractivity contribution >= 4 is 11.5 Å². The predicted molar refractivity (Wildman–Crippen MR) is 97.8 cm³/mol. The van der Waals surface area contributed by atoms with Crippen molar-refractivity contribution in [2.24, 2.45) is 10.8 Å². The molecule has 5 nitrogen and oxygen atoms in total. The first kappa shape index (κ1) is 21.7. The van der Waals surface area contributed by atoms with E-state index >= 15 is 0 Å². The topological polar surface area (TPSA) is 63.7 Å². The van der Waals surface area contributed by atoms with Crippen LogP contribution in [0, 0.1) is 5.82 Å². The van der Waals surface area contributed by atoms with Gasteiger partial charge in [-0.05, 0) is 43.7 Å². The van der Waals surface area contributed by atoms with Crippen LogP contribution in [0.25, 0.3) is 0 Å². The maximum absolute atomic E-state index is 14.2. The number of hydrogen-bond acceptors (Lipinski definition) is 5. The SMILES string of the molecule is CC(C)(Oc1cc(F)cc(C2CC(N)=NN2c2cccnc2C(F)F)c1)C(F)(F)F. The zero-order valence-corrected chi connectivity index (χ0v) is 15.9. The fraction of sp³-hybridized carbons (Fsp3) is 0.368. The van der Waals surface area contributed by atoms with Gasteiger partial charge in [-0.15, -0.1) is 0 Å². The van der Waals surface area contributed by atoms with E-state index in [2.05, 4.69) is 10.1 Å². The fourth-order valence-electron chi connectivity index (χ4n) is 2.97. The Bertz CT molecular complexity index is 960. The van der Waals surface area contributed by atoms with Gasteiger partial charge >= 0.3 is 6.18 Å². The molecule has 0 bridgehead atoms. The molecule has 0 fully saturated rings. The first-order valence-corrected chi connectivity index (χ1v) is 8.80. The molecule has 1 aromatic carbocycles. The smallest absolute Gasteiger partial charge is 0.427 e. The monoisotopic (exact) mass is 432 g/mol. The Kier molecular flexibility index (Phi) is 5.57. The van der Waals surface area contributed by atoms with Crippen molar-refractivity contribution in [3.8, 4) is 5.75 Å². The molecule has 0 saturated carbocycles. The molecule has 0 amide bonds. The van der Waals surface area contributed by atoms with Crippen LogP contribution in [0.5, 0.6) is 5.75 Å². The third kappa shape index (κ3) is 4.29. The quantitative estimate of drug-likeness (QED) is 0.668. The van der Waals surface area contributed by atoms with Gasteiger partial charge in [-0.1, -0.05) is 0 Å². The fourth-order valence-corrected chi connectivity index (χ4v) is 2.97. The second-order valence-electron chi connectivity index (χ2n) is 7.19. The van der Waals surface area contributed by atoms with E-state index in [1.807, 2.05) is 0 Å². The number of hydrogen-bond donors (Lipinski definition) is 1. The van der Waals surface area contributed by atoms with E-state index in [4.69, 9.17) is 10.5 Å². The second kappa shape index (κ2) is 7.69. The molecule has 0 spiro atoms. The third-order valence-corrected chi connectivity index (χ3v) is 4.54. The van der Waals surface area contributed by atoms with Crippen molar-refractivity contribution in [1.82, 2.24) is 4.98 Å². The van der Waals surface area contributed by atoms with Gasteiger partial charge in [0.1, 0.15) is 23.1 Å². The van der Waals surface area contributed by atoms with Crippen LogP contribution >= 0.6 is 0 Å². The van der Waals surface area contributed by atoms with Crippen LogP contribution in [0.15, 0.2) is 41.6 Å². The number of aromatic nitrogens is 1. The van der Waals surface area contributed by atoms with E-state index in [0.717, 1.165) is 31.0 Å². The summed E-state index contributed by atoms with van der Waals surface area (Å²) in [5.41, 5.74) is 2.78. The number of hydrazone groups is 1. The van der Waals surface area contributed by atoms with Gasteiger partial charge in [0.05, 0.1) is 11.7 Å². The Hall–Kier alpha value is -2.98. The van der Waals surface area contributed by atoms with E-state index in [-0.39, 0.29) is 29.3 Å². The molecular formula is C19H18F6N4O. The first-order valence-electron chi connectivity index (χ1n) is 8.80. The lowest BCUT2D eigenvalue weighted by Gasteiger charge is -2.30. The van der Waals surface area contributed by atoms with Crippen LogP contribution in [0.3, 0.4) is 0 Å². The summed E-state index contributed by atoms with van der Waals surface area (Å²) < 4.78 is 85.4. The maximum Gasteiger partial charge on any atom is 0.427 e. The van der Waals surface area contributed by atoms with Gasteiger partial charge in [0, 0.05) is 18.7 Å². The minimum absolute atomic E-state index is 0.0414. The lowest BCUT2D eigenvalue weighted by Crippen LogP contribution is -2.44. The number of benzene rings is 1. The van der Waals surface area contributed by atoms with Crippen molar-refractivity contribution in [3.05, 3.63) is 53.6 Å². The van der Waals surface area contributed by atoms with Gasteiger partial charge in [-0.3, -0.25) is 9.99 Å². The molecule has 30 heavy (non-hydrogen) atoms. The minimum atomic E-state index is -4.70. The summed E-state index contributed by atoms with van der Waals surface area (Å²) in [4.78, 5) is 3.66. The summed E-state index contributed by atoms with van der Waals surface area (Å²) >= 11 is 0. The summed E-state index contributed by atoms with van der Waals surface area (Å²) in [5, 5.41) is 5.21. The van der Waals surface area contributed by atoms with Gasteiger partial charge in [0.2, 0.25) is 0 Å². The second-order valence-corrected chi connectivity index (χ2v) is 7.19. The number of amidine groups is 1. The molecule has 2 heterocycles. The summed E-state index contributed by atoms with van der Waals surface area (Å²) in [5.74, 6) is -1.13. The first-order chi connectivity index (χ1) is 13.9. The van der Waals surface area contributed by atoms with Crippen molar-refractivity contribution < 1.29 is 31.1 Å². The molecule has 1 aromatic heterocycles. The molecule has 2 aromatic rings. The third-order valence-electron chi connectivity index (χ3n) is 4.54. The van der Waals surface area contributed by atoms with Gasteiger partial charge in [-0.25, -0.2) is 13.2 Å². The van der Waals surface area contributed by atoms with Gasteiger partial charge in [-0.2, -0.15) is 18.3 Å². The lowest BCUT2D eigenvalue weighted by molar-refractivity contribution is -0.234. The Morgan fingerprint density at radius 1 is 1.20 bits per heavy atom. The Labute approximate surface area is 168 Å². The molecule has 2 N–H and O–H groups in total. The minimum Gasteiger partial charge on any atom is -0.478 e. The highest BCUT2D eigenvalue weighted by molar-refractivity contribution is 5.85. The van der Waals surface area contributed by atoms with Crippen molar-refractivity contribution in [2.75, 3.05) is 5.01 Å². The molecular weight excluding hydrogens is 414 g/mol. The molecule has 11 heteroatoms. The van der Waals surface area contributed by atoms with Crippen molar-refractivity contribution in [2.45, 2.75) is 44.5 Å². The van der Waals surface area contributed by atoms with Gasteiger partial charge in [0.15, 0.2) is 5.60 Å². The van der Waals surface area contributed by atoms with Crippen molar-refractivity contribution in [1.29, 1.82) is 0 Å². The number of halogens is 6. The zero-order valence-electron chi connectivity index (χ0n) is 15.9. The zero-order chi connectivity index (χ0) is 22.3. The molecule has 162 valence electrons. The summed E-state index contributed by atoms with van der Waals surface area (Å²) in [6.07, 6.45) is -6.37.